The largest absolute Gasteiger partial charge is 0.497 e. The number of nitrogens with zero attached hydrogens (tertiary/aromatic N) is 1. The average Bonchev–Trinajstić information content (AvgIpc) is 3.20. The normalized spacial score (nSPS) is 11.2. The summed E-state index contributed by atoms with van der Waals surface area (Å²) in [7, 11) is -1.09. The second-order valence-corrected chi connectivity index (χ2v) is 9.13. The molecule has 3 rings (SSSR count). The third-order valence-corrected chi connectivity index (χ3v) is 6.97. The fourth-order valence-electron chi connectivity index (χ4n) is 2.73. The third-order valence-electron chi connectivity index (χ3n) is 4.28. The lowest BCUT2D eigenvalue weighted by Gasteiger charge is -2.20. The minimum atomic E-state index is -3.92. The number of carbonyl (C=O) groups is 1. The van der Waals surface area contributed by atoms with Gasteiger partial charge >= 0.3 is 0 Å². The van der Waals surface area contributed by atoms with Crippen LogP contribution in [-0.4, -0.2) is 28.5 Å². The van der Waals surface area contributed by atoms with E-state index in [-0.39, 0.29) is 27.6 Å². The molecule has 30 heavy (non-hydrogen) atoms. The van der Waals surface area contributed by atoms with Gasteiger partial charge in [0.1, 0.15) is 22.3 Å². The van der Waals surface area contributed by atoms with E-state index in [0.29, 0.717) is 5.75 Å². The maximum atomic E-state index is 13.3. The summed E-state index contributed by atoms with van der Waals surface area (Å²) >= 11 is 1.06. The van der Waals surface area contributed by atoms with E-state index in [1.54, 1.807) is 5.38 Å². The van der Waals surface area contributed by atoms with Gasteiger partial charge in [-0.2, -0.15) is 0 Å². The van der Waals surface area contributed by atoms with Crippen molar-refractivity contribution in [3.8, 4) is 5.75 Å². The van der Waals surface area contributed by atoms with Gasteiger partial charge in [-0.3, -0.25) is 9.10 Å². The van der Waals surface area contributed by atoms with Gasteiger partial charge in [-0.05, 0) is 53.4 Å². The molecule has 10 heteroatoms. The van der Waals surface area contributed by atoms with E-state index in [4.69, 9.17) is 4.74 Å². The minimum Gasteiger partial charge on any atom is -0.497 e. The lowest BCUT2D eigenvalue weighted by molar-refractivity contribution is 0.0955. The molecule has 0 fully saturated rings. The summed E-state index contributed by atoms with van der Waals surface area (Å²) in [5.74, 6) is -1.54. The van der Waals surface area contributed by atoms with Gasteiger partial charge in [-0.15, -0.1) is 11.3 Å². The van der Waals surface area contributed by atoms with Crippen LogP contribution in [0.15, 0.2) is 58.8 Å². The number of ether oxygens (including phenoxy) is 1. The second kappa shape index (κ2) is 8.80. The number of thiophene rings is 1. The first-order valence-corrected chi connectivity index (χ1v) is 11.0. The Balaban J connectivity index is 1.79. The van der Waals surface area contributed by atoms with Crippen molar-refractivity contribution in [1.29, 1.82) is 0 Å². The van der Waals surface area contributed by atoms with Gasteiger partial charge in [-0.25, -0.2) is 17.2 Å². The Morgan fingerprint density at radius 2 is 1.73 bits per heavy atom. The summed E-state index contributed by atoms with van der Waals surface area (Å²) < 4.78 is 58.5. The van der Waals surface area contributed by atoms with Crippen LogP contribution in [0.4, 0.5) is 14.5 Å². The number of hydrogen-bond donors (Lipinski definition) is 1. The van der Waals surface area contributed by atoms with E-state index >= 15 is 0 Å². The zero-order valence-corrected chi connectivity index (χ0v) is 17.7. The van der Waals surface area contributed by atoms with Crippen molar-refractivity contribution >= 4 is 33.0 Å². The van der Waals surface area contributed by atoms with Crippen molar-refractivity contribution < 1.29 is 26.7 Å². The number of rotatable bonds is 7. The molecule has 0 bridgehead atoms. The zero-order chi connectivity index (χ0) is 21.9. The van der Waals surface area contributed by atoms with E-state index in [0.717, 1.165) is 33.8 Å². The molecule has 3 aromatic rings. The van der Waals surface area contributed by atoms with Crippen LogP contribution in [-0.2, 0) is 16.6 Å². The van der Waals surface area contributed by atoms with Gasteiger partial charge in [0.2, 0.25) is 0 Å². The van der Waals surface area contributed by atoms with E-state index in [1.807, 2.05) is 0 Å². The number of hydrogen-bond acceptors (Lipinski definition) is 5. The predicted octanol–water partition coefficient (Wildman–Crippen LogP) is 3.79. The molecular weight excluding hydrogens is 434 g/mol. The topological polar surface area (TPSA) is 75.7 Å². The highest BCUT2D eigenvalue weighted by Crippen LogP contribution is 2.30. The van der Waals surface area contributed by atoms with E-state index in [9.17, 15) is 22.0 Å². The van der Waals surface area contributed by atoms with Crippen LogP contribution in [0.1, 0.15) is 15.2 Å². The molecule has 0 unspecified atom stereocenters. The molecule has 6 nitrogen and oxygen atoms in total. The van der Waals surface area contributed by atoms with Crippen molar-refractivity contribution in [3.05, 3.63) is 76.0 Å². The van der Waals surface area contributed by atoms with Crippen molar-refractivity contribution in [2.75, 3.05) is 18.5 Å². The van der Waals surface area contributed by atoms with Crippen molar-refractivity contribution in [3.63, 3.8) is 0 Å². The molecule has 158 valence electrons. The molecule has 1 N–H and O–H groups in total. The molecule has 0 saturated heterocycles. The summed E-state index contributed by atoms with van der Waals surface area (Å²) in [6, 6.07) is 10.4. The van der Waals surface area contributed by atoms with Crippen LogP contribution in [0.3, 0.4) is 0 Å². The van der Waals surface area contributed by atoms with Gasteiger partial charge in [0, 0.05) is 19.7 Å². The monoisotopic (exact) mass is 452 g/mol. The van der Waals surface area contributed by atoms with Gasteiger partial charge in [0.05, 0.1) is 17.7 Å². The van der Waals surface area contributed by atoms with Gasteiger partial charge in [0.15, 0.2) is 0 Å². The van der Waals surface area contributed by atoms with Crippen LogP contribution in [0.25, 0.3) is 0 Å². The quantitative estimate of drug-likeness (QED) is 0.592. The fraction of sp³-hybridized carbons (Fsp3) is 0.150. The average molecular weight is 453 g/mol. The van der Waals surface area contributed by atoms with Crippen molar-refractivity contribution in [1.82, 2.24) is 5.32 Å². The second-order valence-electron chi connectivity index (χ2n) is 6.24. The summed E-state index contributed by atoms with van der Waals surface area (Å²) in [6.45, 7) is -0.111. The first-order valence-electron chi connectivity index (χ1n) is 8.66. The minimum absolute atomic E-state index is 0.0404. The number of benzene rings is 2. The van der Waals surface area contributed by atoms with Crippen LogP contribution >= 0.6 is 11.3 Å². The van der Waals surface area contributed by atoms with Gasteiger partial charge < -0.3 is 10.1 Å². The molecular formula is C20H18F2N2O4S2. The van der Waals surface area contributed by atoms with Gasteiger partial charge in [-0.1, -0.05) is 0 Å². The first-order chi connectivity index (χ1) is 14.2. The van der Waals surface area contributed by atoms with E-state index in [1.165, 1.54) is 44.5 Å². The molecule has 1 amide bonds. The number of nitrogens with one attached hydrogen (secondary N) is 1. The molecule has 0 radical (unpaired) electrons. The van der Waals surface area contributed by atoms with E-state index < -0.39 is 27.6 Å². The molecule has 2 aromatic carbocycles. The van der Waals surface area contributed by atoms with Crippen LogP contribution in [0.5, 0.6) is 5.75 Å². The molecule has 0 aliphatic rings. The molecule has 0 aliphatic carbocycles. The molecule has 0 saturated carbocycles. The predicted molar refractivity (Wildman–Crippen MR) is 110 cm³/mol. The third kappa shape index (κ3) is 4.60. The molecule has 0 atom stereocenters. The highest BCUT2D eigenvalue weighted by Gasteiger charge is 2.26. The molecule has 1 heterocycles. The summed E-state index contributed by atoms with van der Waals surface area (Å²) in [4.78, 5) is 12.8. The smallest absolute Gasteiger partial charge is 0.264 e. The Hall–Kier alpha value is -2.98. The maximum Gasteiger partial charge on any atom is 0.264 e. The fourth-order valence-corrected chi connectivity index (χ4v) is 4.83. The summed E-state index contributed by atoms with van der Waals surface area (Å²) in [6.07, 6.45) is 0. The number of methoxy groups -OCH3 is 1. The zero-order valence-electron chi connectivity index (χ0n) is 16.1. The van der Waals surface area contributed by atoms with E-state index in [2.05, 4.69) is 5.32 Å². The number of anilines is 1. The highest BCUT2D eigenvalue weighted by molar-refractivity contribution is 7.92. The van der Waals surface area contributed by atoms with Crippen molar-refractivity contribution in [2.24, 2.45) is 0 Å². The highest BCUT2D eigenvalue weighted by atomic mass is 32.2. The molecule has 0 aliphatic heterocycles. The standard InChI is InChI=1S/C20H18F2N2O4S2/c1-24(30(26,27)17-5-3-16(28-2)4-6-17)18-7-8-29-19(18)20(25)23-12-13-9-14(21)11-15(22)10-13/h3-11H,12H2,1-2H3,(H,23,25). The molecule has 0 spiro atoms. The number of amides is 1. The van der Waals surface area contributed by atoms with Crippen LogP contribution in [0, 0.1) is 11.6 Å². The van der Waals surface area contributed by atoms with Crippen molar-refractivity contribution in [2.45, 2.75) is 11.4 Å². The molecule has 1 aromatic heterocycles. The Labute approximate surface area is 176 Å². The lowest BCUT2D eigenvalue weighted by Crippen LogP contribution is -2.29. The maximum absolute atomic E-state index is 13.3. The summed E-state index contributed by atoms with van der Waals surface area (Å²) in [5.41, 5.74) is 0.442. The Bertz CT molecular complexity index is 1140. The first kappa shape index (κ1) is 21.7. The Morgan fingerprint density at radius 3 is 2.33 bits per heavy atom. The van der Waals surface area contributed by atoms with Gasteiger partial charge in [0.25, 0.3) is 15.9 Å². The lowest BCUT2D eigenvalue weighted by atomic mass is 10.2. The number of carbonyl (C=O) groups excluding carboxylic acids is 1. The Kier molecular flexibility index (Phi) is 6.37. The Morgan fingerprint density at radius 1 is 1.10 bits per heavy atom. The van der Waals surface area contributed by atoms with Crippen LogP contribution < -0.4 is 14.4 Å². The van der Waals surface area contributed by atoms with Crippen LogP contribution in [0.2, 0.25) is 0 Å². The summed E-state index contributed by atoms with van der Waals surface area (Å²) in [5, 5.41) is 4.15. The number of halogens is 2. The SMILES string of the molecule is COc1ccc(S(=O)(=O)N(C)c2ccsc2C(=O)NCc2cc(F)cc(F)c2)cc1. The number of sulfonamides is 1.